The summed E-state index contributed by atoms with van der Waals surface area (Å²) >= 11 is 0. The Morgan fingerprint density at radius 1 is 1.33 bits per heavy atom. The van der Waals surface area contributed by atoms with Crippen LogP contribution in [-0.4, -0.2) is 9.97 Å². The monoisotopic (exact) mass is 159 g/mol. The van der Waals surface area contributed by atoms with Crippen molar-refractivity contribution in [3.8, 4) is 0 Å². The third-order valence-electron chi connectivity index (χ3n) is 3.22. The van der Waals surface area contributed by atoms with E-state index < -0.39 is 0 Å². The van der Waals surface area contributed by atoms with Gasteiger partial charge in [0, 0.05) is 11.3 Å². The van der Waals surface area contributed by atoms with E-state index in [2.05, 4.69) is 16.2 Å². The number of nitrogens with zero attached hydrogens (tertiary/aromatic N) is 2. The highest BCUT2D eigenvalue weighted by molar-refractivity contribution is 5.23. The first-order valence-electron chi connectivity index (χ1n) is 4.58. The molecule has 2 nitrogen and oxygen atoms in total. The molecule has 3 rings (SSSR count). The highest BCUT2D eigenvalue weighted by Gasteiger charge is 2.44. The Morgan fingerprint density at radius 3 is 3.08 bits per heavy atom. The van der Waals surface area contributed by atoms with Gasteiger partial charge in [-0.25, -0.2) is 9.97 Å². The molecule has 1 saturated carbocycles. The van der Waals surface area contributed by atoms with Gasteiger partial charge in [-0.05, 0) is 37.5 Å². The number of aromatic nitrogens is 2. The van der Waals surface area contributed by atoms with Crippen LogP contribution >= 0.6 is 0 Å². The predicted molar refractivity (Wildman–Crippen MR) is 44.6 cm³/mol. The average molecular weight is 159 g/mol. The molecule has 0 aliphatic heterocycles. The molecule has 0 saturated heterocycles. The molecule has 0 N–H and O–H groups in total. The fraction of sp³-hybridized carbons (Fsp3) is 0.600. The van der Waals surface area contributed by atoms with Crippen LogP contribution in [-0.2, 0) is 12.8 Å². The van der Waals surface area contributed by atoms with Gasteiger partial charge in [-0.1, -0.05) is 0 Å². The number of hydrogen-bond acceptors (Lipinski definition) is 2. The van der Waals surface area contributed by atoms with Crippen molar-refractivity contribution in [3.63, 3.8) is 0 Å². The molecule has 1 radical (unpaired) electrons. The van der Waals surface area contributed by atoms with Crippen LogP contribution in [0.1, 0.15) is 30.5 Å². The molecule has 12 heavy (non-hydrogen) atoms. The Hall–Kier alpha value is -0.920. The largest absolute Gasteiger partial charge is 0.241 e. The van der Waals surface area contributed by atoms with Crippen LogP contribution in [0.2, 0.25) is 0 Å². The van der Waals surface area contributed by atoms with Crippen LogP contribution in [0, 0.1) is 11.6 Å². The molecule has 0 unspecified atom stereocenters. The Labute approximate surface area is 72.0 Å². The summed E-state index contributed by atoms with van der Waals surface area (Å²) in [5.41, 5.74) is 3.18. The van der Waals surface area contributed by atoms with Crippen molar-refractivity contribution in [2.75, 3.05) is 0 Å². The lowest BCUT2D eigenvalue weighted by Gasteiger charge is -2.21. The zero-order valence-electron chi connectivity index (χ0n) is 7.01. The molecule has 1 spiro atoms. The maximum Gasteiger partial charge on any atom is 0.116 e. The van der Waals surface area contributed by atoms with Crippen molar-refractivity contribution in [2.45, 2.75) is 32.1 Å². The van der Waals surface area contributed by atoms with Crippen LogP contribution in [0.3, 0.4) is 0 Å². The van der Waals surface area contributed by atoms with Gasteiger partial charge in [0.25, 0.3) is 0 Å². The summed E-state index contributed by atoms with van der Waals surface area (Å²) in [6.07, 6.45) is 11.2. The summed E-state index contributed by atoms with van der Waals surface area (Å²) in [5.74, 6) is 0. The highest BCUT2D eigenvalue weighted by atomic mass is 14.8. The zero-order chi connectivity index (χ0) is 8.02. The number of hydrogen-bond donors (Lipinski definition) is 0. The zero-order valence-corrected chi connectivity index (χ0v) is 7.01. The second kappa shape index (κ2) is 2.06. The maximum atomic E-state index is 4.31. The molecule has 0 atom stereocenters. The lowest BCUT2D eigenvalue weighted by Crippen LogP contribution is -2.16. The minimum atomic E-state index is 0.662. The van der Waals surface area contributed by atoms with E-state index in [1.165, 1.54) is 36.9 Å². The fourth-order valence-corrected chi connectivity index (χ4v) is 2.14. The van der Waals surface area contributed by atoms with Crippen LogP contribution in [0.5, 0.6) is 0 Å². The predicted octanol–water partition coefficient (Wildman–Crippen LogP) is 1.55. The molecular formula is C10H11N2. The van der Waals surface area contributed by atoms with Gasteiger partial charge in [-0.2, -0.15) is 0 Å². The first-order chi connectivity index (χ1) is 5.88. The summed E-state index contributed by atoms with van der Waals surface area (Å²) in [5, 5.41) is 0. The minimum absolute atomic E-state index is 0.662. The minimum Gasteiger partial charge on any atom is -0.241 e. The SMILES string of the molecule is [c]1ncnc2c1CCC1(CC1)C2. The van der Waals surface area contributed by atoms with Crippen LogP contribution in [0.25, 0.3) is 0 Å². The standard InChI is InChI=1S/C10H11N2/c1-2-10(3-4-10)5-9-8(1)6-11-7-12-9/h7H,1-5H2. The molecule has 1 aromatic rings. The molecule has 0 bridgehead atoms. The van der Waals surface area contributed by atoms with Gasteiger partial charge in [0.05, 0.1) is 6.20 Å². The Bertz CT molecular complexity index is 315. The summed E-state index contributed by atoms with van der Waals surface area (Å²) in [4.78, 5) is 8.24. The van der Waals surface area contributed by atoms with Gasteiger partial charge in [-0.15, -0.1) is 0 Å². The molecule has 1 aromatic heterocycles. The number of fused-ring (bicyclic) bond motifs is 1. The number of aryl methyl sites for hydroxylation is 1. The summed E-state index contributed by atoms with van der Waals surface area (Å²) in [6, 6.07) is 0. The second-order valence-electron chi connectivity index (χ2n) is 4.09. The van der Waals surface area contributed by atoms with Gasteiger partial charge in [-0.3, -0.25) is 0 Å². The van der Waals surface area contributed by atoms with E-state index in [0.717, 1.165) is 6.42 Å². The Kier molecular flexibility index (Phi) is 1.13. The molecule has 2 aliphatic rings. The van der Waals surface area contributed by atoms with Crippen LogP contribution < -0.4 is 0 Å². The van der Waals surface area contributed by atoms with Crippen molar-refractivity contribution in [1.29, 1.82) is 0 Å². The van der Waals surface area contributed by atoms with E-state index in [4.69, 9.17) is 0 Å². The van der Waals surface area contributed by atoms with E-state index in [9.17, 15) is 0 Å². The Balaban J connectivity index is 2.01. The molecule has 1 fully saturated rings. The van der Waals surface area contributed by atoms with E-state index in [1.807, 2.05) is 0 Å². The third-order valence-corrected chi connectivity index (χ3v) is 3.22. The molecule has 1 heterocycles. The molecule has 61 valence electrons. The first-order valence-corrected chi connectivity index (χ1v) is 4.58. The van der Waals surface area contributed by atoms with Crippen molar-refractivity contribution < 1.29 is 0 Å². The van der Waals surface area contributed by atoms with Gasteiger partial charge < -0.3 is 0 Å². The molecule has 0 aromatic carbocycles. The van der Waals surface area contributed by atoms with E-state index in [-0.39, 0.29) is 0 Å². The third kappa shape index (κ3) is 0.872. The summed E-state index contributed by atoms with van der Waals surface area (Å²) < 4.78 is 0. The topological polar surface area (TPSA) is 25.8 Å². The number of rotatable bonds is 0. The second-order valence-corrected chi connectivity index (χ2v) is 4.09. The fourth-order valence-electron chi connectivity index (χ4n) is 2.14. The normalized spacial score (nSPS) is 23.7. The van der Waals surface area contributed by atoms with Crippen molar-refractivity contribution >= 4 is 0 Å². The lowest BCUT2D eigenvalue weighted by atomic mass is 9.85. The maximum absolute atomic E-state index is 4.31. The van der Waals surface area contributed by atoms with Gasteiger partial charge in [0.2, 0.25) is 0 Å². The summed E-state index contributed by atoms with van der Waals surface area (Å²) in [7, 11) is 0. The van der Waals surface area contributed by atoms with Crippen molar-refractivity contribution in [3.05, 3.63) is 23.8 Å². The van der Waals surface area contributed by atoms with Crippen molar-refractivity contribution in [1.82, 2.24) is 9.97 Å². The van der Waals surface area contributed by atoms with Crippen LogP contribution in [0.15, 0.2) is 6.33 Å². The van der Waals surface area contributed by atoms with E-state index in [1.54, 1.807) is 6.33 Å². The molecule has 0 amide bonds. The van der Waals surface area contributed by atoms with Crippen LogP contribution in [0.4, 0.5) is 0 Å². The van der Waals surface area contributed by atoms with Gasteiger partial charge >= 0.3 is 0 Å². The van der Waals surface area contributed by atoms with Crippen molar-refractivity contribution in [2.24, 2.45) is 5.41 Å². The first kappa shape index (κ1) is 6.58. The highest BCUT2D eigenvalue weighted by Crippen LogP contribution is 2.54. The quantitative estimate of drug-likeness (QED) is 0.574. The van der Waals surface area contributed by atoms with Gasteiger partial charge in [0.15, 0.2) is 0 Å². The Morgan fingerprint density at radius 2 is 2.25 bits per heavy atom. The lowest BCUT2D eigenvalue weighted by molar-refractivity contribution is 0.428. The molecule has 2 aliphatic carbocycles. The smallest absolute Gasteiger partial charge is 0.116 e. The molecular weight excluding hydrogens is 148 g/mol. The van der Waals surface area contributed by atoms with E-state index in [0.29, 0.717) is 5.41 Å². The van der Waals surface area contributed by atoms with Gasteiger partial charge in [0.1, 0.15) is 6.33 Å². The average Bonchev–Trinajstić information content (AvgIpc) is 2.85. The molecule has 2 heteroatoms. The summed E-state index contributed by atoms with van der Waals surface area (Å²) in [6.45, 7) is 0. The van der Waals surface area contributed by atoms with E-state index >= 15 is 0 Å².